The normalized spacial score (nSPS) is 10.0. The Balaban J connectivity index is 2.62. The molecule has 0 heterocycles. The number of hydrogen-bond donors (Lipinski definition) is 0. The Morgan fingerprint density at radius 2 is 2.20 bits per heavy atom. The topological polar surface area (TPSA) is 0 Å². The minimum absolute atomic E-state index is 0.226. The lowest BCUT2D eigenvalue weighted by atomic mass is 10.4. The lowest BCUT2D eigenvalue weighted by Crippen LogP contribution is -1.44. The van der Waals surface area contributed by atoms with Crippen molar-refractivity contribution in [2.45, 2.75) is 6.42 Å². The molecule has 6 radical (unpaired) electrons. The Hall–Kier alpha value is -0.260. The molecule has 0 saturated heterocycles. The number of hydrogen-bond acceptors (Lipinski definition) is 0. The third-order valence-electron chi connectivity index (χ3n) is 0.236. The first-order valence-corrected chi connectivity index (χ1v) is 1.38. The van der Waals surface area contributed by atoms with Crippen LogP contribution >= 0.6 is 0 Å². The fourth-order valence-corrected chi connectivity index (χ4v) is 0.0589. The molecular formula is C5H4. The van der Waals surface area contributed by atoms with Gasteiger partial charge in [0.25, 0.3) is 0 Å². The Labute approximate surface area is 33.5 Å². The summed E-state index contributed by atoms with van der Waals surface area (Å²) in [5.41, 5.74) is 0. The molecule has 0 aromatic heterocycles. The van der Waals surface area contributed by atoms with Crippen LogP contribution in [-0.2, 0) is 0 Å². The molecule has 0 N–H and O–H groups in total. The zero-order valence-electron chi connectivity index (χ0n) is 2.86. The van der Waals surface area contributed by atoms with Crippen molar-refractivity contribution in [2.75, 3.05) is 0 Å². The van der Waals surface area contributed by atoms with E-state index in [1.165, 1.54) is 6.08 Å². The molecule has 0 spiro atoms. The predicted octanol–water partition coefficient (Wildman–Crippen LogP) is 1.11. The molecule has 0 saturated carbocycles. The van der Waals surface area contributed by atoms with Crippen LogP contribution in [0.2, 0.25) is 0 Å². The van der Waals surface area contributed by atoms with Gasteiger partial charge in [-0.2, -0.15) is 0 Å². The predicted molar refractivity (Wildman–Crippen MR) is 20.2 cm³/mol. The zero-order chi connectivity index (χ0) is 4.12. The van der Waals surface area contributed by atoms with Crippen LogP contribution in [0.15, 0.2) is 12.2 Å². The van der Waals surface area contributed by atoms with Gasteiger partial charge in [0.15, 0.2) is 0 Å². The lowest BCUT2D eigenvalue weighted by Gasteiger charge is -1.63. The summed E-state index contributed by atoms with van der Waals surface area (Å²) in [6, 6.07) is 0. The van der Waals surface area contributed by atoms with Crippen molar-refractivity contribution >= 4 is 0 Å². The minimum Gasteiger partial charge on any atom is -0.0873 e. The smallest absolute Gasteiger partial charge is 0.0209 e. The van der Waals surface area contributed by atoms with E-state index in [2.05, 4.69) is 0 Å². The van der Waals surface area contributed by atoms with Gasteiger partial charge < -0.3 is 0 Å². The van der Waals surface area contributed by atoms with Crippen LogP contribution in [0.5, 0.6) is 0 Å². The molecule has 0 aromatic rings. The summed E-state index contributed by atoms with van der Waals surface area (Å²) >= 11 is 0. The lowest BCUT2D eigenvalue weighted by molar-refractivity contribution is 1.40. The molecule has 0 heteroatoms. The number of rotatable bonds is 1. The van der Waals surface area contributed by atoms with Gasteiger partial charge in [-0.15, -0.1) is 0 Å². The fourth-order valence-electron chi connectivity index (χ4n) is 0.0589. The van der Waals surface area contributed by atoms with Crippen LogP contribution in [0.1, 0.15) is 6.42 Å². The maximum absolute atomic E-state index is 6.40. The Morgan fingerprint density at radius 1 is 1.60 bits per heavy atom. The van der Waals surface area contributed by atoms with E-state index in [9.17, 15) is 0 Å². The van der Waals surface area contributed by atoms with Crippen LogP contribution in [0, 0.1) is 13.8 Å². The van der Waals surface area contributed by atoms with Crippen LogP contribution in [0.4, 0.5) is 0 Å². The molecule has 0 aliphatic carbocycles. The van der Waals surface area contributed by atoms with E-state index in [4.69, 9.17) is 13.8 Å². The second kappa shape index (κ2) is 3.74. The molecule has 0 unspecified atom stereocenters. The van der Waals surface area contributed by atoms with E-state index >= 15 is 0 Å². The van der Waals surface area contributed by atoms with Gasteiger partial charge in [0.2, 0.25) is 0 Å². The largest absolute Gasteiger partial charge is 0.0873 e. The second-order valence-electron chi connectivity index (χ2n) is 0.606. The summed E-state index contributed by atoms with van der Waals surface area (Å²) in [6.45, 7) is 12.7. The van der Waals surface area contributed by atoms with Crippen molar-refractivity contribution in [3.05, 3.63) is 26.0 Å². The van der Waals surface area contributed by atoms with E-state index in [-0.39, 0.29) is 6.42 Å². The average Bonchev–Trinajstić information content (AvgIpc) is 1.41. The van der Waals surface area contributed by atoms with E-state index in [1.54, 1.807) is 0 Å². The second-order valence-corrected chi connectivity index (χ2v) is 0.606. The fraction of sp³-hybridized carbons (Fsp3) is 0.200. The standard InChI is InChI=1S/C5H4/c1-3-5-4-2/h3,5H,4H2. The molecule has 0 nitrogen and oxygen atoms in total. The summed E-state index contributed by atoms with van der Waals surface area (Å²) in [5.74, 6) is 0. The van der Waals surface area contributed by atoms with Crippen molar-refractivity contribution in [3.63, 3.8) is 0 Å². The molecule has 0 fully saturated rings. The van der Waals surface area contributed by atoms with Gasteiger partial charge in [-0.05, 0) is 13.3 Å². The van der Waals surface area contributed by atoms with Gasteiger partial charge in [0.05, 0.1) is 0 Å². The summed E-state index contributed by atoms with van der Waals surface area (Å²) in [6.07, 6.45) is 2.80. The molecule has 0 aromatic carbocycles. The molecular weight excluding hydrogens is 60.1 g/mol. The van der Waals surface area contributed by atoms with Gasteiger partial charge in [-0.3, -0.25) is 0 Å². The highest BCUT2D eigenvalue weighted by Gasteiger charge is 1.54. The van der Waals surface area contributed by atoms with Gasteiger partial charge in [0.1, 0.15) is 0 Å². The highest BCUT2D eigenvalue weighted by Crippen LogP contribution is 1.72. The number of allylic oxidation sites excluding steroid dienone is 2. The minimum atomic E-state index is 0.226. The van der Waals surface area contributed by atoms with Gasteiger partial charge in [-0.1, -0.05) is 12.2 Å². The SMILES string of the molecule is [C]C=CC[C]. The van der Waals surface area contributed by atoms with Crippen molar-refractivity contribution < 1.29 is 0 Å². The van der Waals surface area contributed by atoms with Gasteiger partial charge >= 0.3 is 0 Å². The Kier molecular flexibility index (Phi) is 3.55. The quantitative estimate of drug-likeness (QED) is 0.428. The maximum atomic E-state index is 6.40. The summed E-state index contributed by atoms with van der Waals surface area (Å²) in [5, 5.41) is 0. The summed E-state index contributed by atoms with van der Waals surface area (Å²) in [7, 11) is 0. The third kappa shape index (κ3) is 3.74. The highest BCUT2D eigenvalue weighted by atomic mass is 13.6. The zero-order valence-corrected chi connectivity index (χ0v) is 2.86. The van der Waals surface area contributed by atoms with Crippen molar-refractivity contribution in [2.24, 2.45) is 0 Å². The Bertz CT molecular complexity index is 27.0. The molecule has 0 bridgehead atoms. The van der Waals surface area contributed by atoms with Crippen LogP contribution < -0.4 is 0 Å². The molecule has 0 amide bonds. The highest BCUT2D eigenvalue weighted by molar-refractivity contribution is 4.83. The molecule has 0 aliphatic heterocycles. The van der Waals surface area contributed by atoms with E-state index in [0.717, 1.165) is 6.08 Å². The summed E-state index contributed by atoms with van der Waals surface area (Å²) < 4.78 is 0. The first kappa shape index (κ1) is 4.74. The van der Waals surface area contributed by atoms with Crippen LogP contribution in [0.25, 0.3) is 0 Å². The molecule has 0 atom stereocenters. The average molecular weight is 64.1 g/mol. The van der Waals surface area contributed by atoms with Crippen LogP contribution in [-0.4, -0.2) is 0 Å². The van der Waals surface area contributed by atoms with E-state index < -0.39 is 0 Å². The third-order valence-corrected chi connectivity index (χ3v) is 0.236. The Morgan fingerprint density at radius 3 is 2.20 bits per heavy atom. The van der Waals surface area contributed by atoms with Crippen molar-refractivity contribution in [1.29, 1.82) is 0 Å². The van der Waals surface area contributed by atoms with Gasteiger partial charge in [0, 0.05) is 6.92 Å². The summed E-state index contributed by atoms with van der Waals surface area (Å²) in [4.78, 5) is 0. The van der Waals surface area contributed by atoms with Crippen molar-refractivity contribution in [3.8, 4) is 0 Å². The van der Waals surface area contributed by atoms with Crippen molar-refractivity contribution in [1.82, 2.24) is 0 Å². The first-order chi connectivity index (χ1) is 2.41. The molecule has 0 rings (SSSR count). The monoisotopic (exact) mass is 64.0 g/mol. The van der Waals surface area contributed by atoms with Gasteiger partial charge in [-0.25, -0.2) is 0 Å². The van der Waals surface area contributed by atoms with Crippen LogP contribution in [0.3, 0.4) is 0 Å². The van der Waals surface area contributed by atoms with E-state index in [1.807, 2.05) is 0 Å². The first-order valence-electron chi connectivity index (χ1n) is 1.38. The molecule has 0 aliphatic rings. The van der Waals surface area contributed by atoms with E-state index in [0.29, 0.717) is 0 Å². The maximum Gasteiger partial charge on any atom is 0.0209 e. The molecule has 24 valence electrons. The molecule has 5 heavy (non-hydrogen) atoms.